The Morgan fingerprint density at radius 1 is 1.25 bits per heavy atom. The second-order valence-corrected chi connectivity index (χ2v) is 6.58. The molecule has 0 aromatic carbocycles. The molecule has 7 nitrogen and oxygen atoms in total. The van der Waals surface area contributed by atoms with E-state index in [1.165, 1.54) is 0 Å². The molecule has 0 saturated heterocycles. The van der Waals surface area contributed by atoms with E-state index in [0.717, 1.165) is 31.2 Å². The van der Waals surface area contributed by atoms with E-state index in [4.69, 9.17) is 4.74 Å². The Morgan fingerprint density at radius 3 is 2.71 bits per heavy atom. The van der Waals surface area contributed by atoms with Crippen LogP contribution in [0.5, 0.6) is 5.88 Å². The molecule has 1 amide bonds. The molecule has 0 bridgehead atoms. The number of aliphatic hydroxyl groups is 1. The first-order valence-corrected chi connectivity index (χ1v) is 8.16. The van der Waals surface area contributed by atoms with Gasteiger partial charge in [-0.1, -0.05) is 0 Å². The summed E-state index contributed by atoms with van der Waals surface area (Å²) in [6.45, 7) is -0.255. The first-order valence-electron chi connectivity index (χ1n) is 8.16. The predicted molar refractivity (Wildman–Crippen MR) is 83.9 cm³/mol. The number of carbonyl (C=O) groups excluding carboxylic acids is 1. The van der Waals surface area contributed by atoms with E-state index in [1.54, 1.807) is 23.4 Å². The third-order valence-electron chi connectivity index (χ3n) is 4.84. The highest BCUT2D eigenvalue weighted by atomic mass is 16.5. The van der Waals surface area contributed by atoms with Gasteiger partial charge in [0.1, 0.15) is 18.5 Å². The maximum atomic E-state index is 13.0. The Balaban J connectivity index is 1.54. The Labute approximate surface area is 138 Å². The molecule has 0 radical (unpaired) electrons. The van der Waals surface area contributed by atoms with Crippen molar-refractivity contribution >= 4 is 17.4 Å². The molecule has 3 aliphatic rings. The van der Waals surface area contributed by atoms with E-state index in [1.807, 2.05) is 6.07 Å². The topological polar surface area (TPSA) is 88.4 Å². The van der Waals surface area contributed by atoms with Crippen LogP contribution >= 0.6 is 0 Å². The van der Waals surface area contributed by atoms with Gasteiger partial charge in [-0.05, 0) is 31.7 Å². The van der Waals surface area contributed by atoms with Gasteiger partial charge in [-0.25, -0.2) is 15.0 Å². The summed E-state index contributed by atoms with van der Waals surface area (Å²) in [5, 5.41) is 9.31. The van der Waals surface area contributed by atoms with E-state index in [0.29, 0.717) is 23.2 Å². The molecular formula is C17H16N4O3. The summed E-state index contributed by atoms with van der Waals surface area (Å²) in [4.78, 5) is 27.4. The van der Waals surface area contributed by atoms with Gasteiger partial charge < -0.3 is 9.84 Å². The molecule has 2 aliphatic carbocycles. The fourth-order valence-corrected chi connectivity index (χ4v) is 3.20. The fraction of sp³-hybridized carbons (Fsp3) is 0.412. The zero-order chi connectivity index (χ0) is 16.3. The van der Waals surface area contributed by atoms with E-state index in [9.17, 15) is 9.90 Å². The Kier molecular flexibility index (Phi) is 2.73. The minimum atomic E-state index is -0.480. The highest BCUT2D eigenvalue weighted by Crippen LogP contribution is 2.58. The van der Waals surface area contributed by atoms with Gasteiger partial charge in [0, 0.05) is 17.8 Å². The van der Waals surface area contributed by atoms with Gasteiger partial charge in [0.25, 0.3) is 0 Å². The van der Waals surface area contributed by atoms with Crippen molar-refractivity contribution < 1.29 is 14.6 Å². The van der Waals surface area contributed by atoms with E-state index in [2.05, 4.69) is 15.0 Å². The molecule has 7 heteroatoms. The molecule has 3 heterocycles. The molecule has 1 aliphatic heterocycles. The Hall–Kier alpha value is -2.54. The number of fused-ring (bicyclic) bond motifs is 2. The molecule has 2 aromatic rings. The second kappa shape index (κ2) is 4.73. The van der Waals surface area contributed by atoms with Crippen LogP contribution in [0.3, 0.4) is 0 Å². The van der Waals surface area contributed by atoms with Crippen LogP contribution in [0.2, 0.25) is 0 Å². The molecule has 2 aromatic heterocycles. The monoisotopic (exact) mass is 324 g/mol. The van der Waals surface area contributed by atoms with Crippen LogP contribution in [0.25, 0.3) is 0 Å². The highest BCUT2D eigenvalue weighted by molar-refractivity contribution is 6.13. The van der Waals surface area contributed by atoms with Crippen LogP contribution in [0, 0.1) is 0 Å². The summed E-state index contributed by atoms with van der Waals surface area (Å²) in [6.07, 6.45) is 7.38. The molecule has 24 heavy (non-hydrogen) atoms. The first-order chi connectivity index (χ1) is 11.7. The van der Waals surface area contributed by atoms with Gasteiger partial charge in [0.15, 0.2) is 5.82 Å². The number of aromatic nitrogens is 3. The lowest BCUT2D eigenvalue weighted by Crippen LogP contribution is -2.28. The van der Waals surface area contributed by atoms with Gasteiger partial charge >= 0.3 is 0 Å². The van der Waals surface area contributed by atoms with Crippen LogP contribution in [-0.4, -0.2) is 32.1 Å². The zero-order valence-electron chi connectivity index (χ0n) is 13.0. The zero-order valence-corrected chi connectivity index (χ0v) is 13.0. The fourth-order valence-electron chi connectivity index (χ4n) is 3.20. The molecular weight excluding hydrogens is 308 g/mol. The minimum absolute atomic E-state index is 0.0135. The van der Waals surface area contributed by atoms with Gasteiger partial charge in [0.2, 0.25) is 11.8 Å². The normalized spacial score (nSPS) is 20.4. The number of nitrogens with zero attached hydrogens (tertiary/aromatic N) is 4. The molecule has 2 saturated carbocycles. The third-order valence-corrected chi connectivity index (χ3v) is 4.84. The van der Waals surface area contributed by atoms with Crippen molar-refractivity contribution in [2.45, 2.75) is 43.8 Å². The molecule has 2 fully saturated rings. The number of amides is 1. The van der Waals surface area contributed by atoms with Crippen LogP contribution in [0.4, 0.5) is 11.5 Å². The molecule has 1 spiro atoms. The second-order valence-electron chi connectivity index (χ2n) is 6.58. The summed E-state index contributed by atoms with van der Waals surface area (Å²) in [5.41, 5.74) is 1.03. The van der Waals surface area contributed by atoms with Gasteiger partial charge in [-0.3, -0.25) is 9.69 Å². The molecule has 0 atom stereocenters. The SMILES string of the molecule is O=C1N(c2ccc(OC3CC3)nc2)c2nc(CO)ncc2C12CC2. The first kappa shape index (κ1) is 13.9. The van der Waals surface area contributed by atoms with E-state index < -0.39 is 5.41 Å². The summed E-state index contributed by atoms with van der Waals surface area (Å²) in [5.74, 6) is 1.47. The minimum Gasteiger partial charge on any atom is -0.474 e. The van der Waals surface area contributed by atoms with Gasteiger partial charge in [-0.2, -0.15) is 0 Å². The lowest BCUT2D eigenvalue weighted by molar-refractivity contribution is -0.119. The molecule has 1 N–H and O–H groups in total. The van der Waals surface area contributed by atoms with Crippen LogP contribution < -0.4 is 9.64 Å². The standard InChI is InChI=1S/C17H16N4O3/c22-9-13-18-8-12-15(20-13)21(16(23)17(12)5-6-17)10-1-4-14(19-7-10)24-11-2-3-11/h1,4,7-8,11,22H,2-3,5-6,9H2. The summed E-state index contributed by atoms with van der Waals surface area (Å²) in [6, 6.07) is 3.61. The van der Waals surface area contributed by atoms with E-state index in [-0.39, 0.29) is 18.6 Å². The average Bonchev–Trinajstić information content (AvgIpc) is 3.51. The number of anilines is 2. The number of carbonyl (C=O) groups is 1. The van der Waals surface area contributed by atoms with Gasteiger partial charge in [0.05, 0.1) is 17.3 Å². The maximum Gasteiger partial charge on any atom is 0.243 e. The Bertz CT molecular complexity index is 828. The summed E-state index contributed by atoms with van der Waals surface area (Å²) in [7, 11) is 0. The number of hydrogen-bond acceptors (Lipinski definition) is 6. The Morgan fingerprint density at radius 2 is 2.08 bits per heavy atom. The number of rotatable bonds is 4. The molecule has 0 unspecified atom stereocenters. The molecule has 122 valence electrons. The quantitative estimate of drug-likeness (QED) is 0.919. The number of hydrogen-bond donors (Lipinski definition) is 1. The summed E-state index contributed by atoms with van der Waals surface area (Å²) >= 11 is 0. The average molecular weight is 324 g/mol. The van der Waals surface area contributed by atoms with Crippen molar-refractivity contribution in [1.82, 2.24) is 15.0 Å². The van der Waals surface area contributed by atoms with Crippen LogP contribution in [0.1, 0.15) is 37.1 Å². The van der Waals surface area contributed by atoms with Crippen molar-refractivity contribution in [2.24, 2.45) is 0 Å². The molecule has 5 rings (SSSR count). The van der Waals surface area contributed by atoms with Crippen molar-refractivity contribution in [2.75, 3.05) is 4.90 Å². The van der Waals surface area contributed by atoms with Crippen molar-refractivity contribution in [1.29, 1.82) is 0 Å². The van der Waals surface area contributed by atoms with E-state index >= 15 is 0 Å². The van der Waals surface area contributed by atoms with Gasteiger partial charge in [-0.15, -0.1) is 0 Å². The number of pyridine rings is 1. The summed E-state index contributed by atoms with van der Waals surface area (Å²) < 4.78 is 5.66. The third kappa shape index (κ3) is 1.94. The largest absolute Gasteiger partial charge is 0.474 e. The van der Waals surface area contributed by atoms with Crippen molar-refractivity contribution in [3.8, 4) is 5.88 Å². The van der Waals surface area contributed by atoms with Crippen LogP contribution in [-0.2, 0) is 16.8 Å². The number of ether oxygens (including phenoxy) is 1. The smallest absolute Gasteiger partial charge is 0.243 e. The number of aliphatic hydroxyl groups excluding tert-OH is 1. The lowest BCUT2D eigenvalue weighted by Gasteiger charge is -2.17. The predicted octanol–water partition coefficient (Wildman–Crippen LogP) is 1.61. The van der Waals surface area contributed by atoms with Crippen molar-refractivity contribution in [3.05, 3.63) is 35.9 Å². The maximum absolute atomic E-state index is 13.0. The van der Waals surface area contributed by atoms with Crippen molar-refractivity contribution in [3.63, 3.8) is 0 Å². The van der Waals surface area contributed by atoms with Crippen LogP contribution in [0.15, 0.2) is 24.5 Å². The lowest BCUT2D eigenvalue weighted by atomic mass is 10.0. The highest BCUT2D eigenvalue weighted by Gasteiger charge is 2.60.